The molecule has 0 aromatic rings. The fourth-order valence-electron chi connectivity index (χ4n) is 3.77. The van der Waals surface area contributed by atoms with E-state index in [2.05, 4.69) is 15.9 Å². The van der Waals surface area contributed by atoms with Crippen molar-refractivity contribution in [2.24, 2.45) is 0 Å². The van der Waals surface area contributed by atoms with Crippen LogP contribution in [-0.4, -0.2) is 59.2 Å². The van der Waals surface area contributed by atoms with E-state index >= 15 is 0 Å². The lowest BCUT2D eigenvalue weighted by Gasteiger charge is -2.35. The number of nitrogens with zero attached hydrogens (tertiary/aromatic N) is 1. The molecule has 7 nitrogen and oxygen atoms in total. The Kier molecular flexibility index (Phi) is 9.99. The van der Waals surface area contributed by atoms with Crippen LogP contribution in [0.5, 0.6) is 0 Å². The highest BCUT2D eigenvalue weighted by Crippen LogP contribution is 2.52. The van der Waals surface area contributed by atoms with E-state index in [-0.39, 0.29) is 16.8 Å². The van der Waals surface area contributed by atoms with Crippen LogP contribution in [0, 0.1) is 0 Å². The molecule has 1 saturated heterocycles. The summed E-state index contributed by atoms with van der Waals surface area (Å²) in [6.45, 7) is 8.49. The lowest BCUT2D eigenvalue weighted by atomic mass is 9.96. The highest BCUT2D eigenvalue weighted by molar-refractivity contribution is 9.09. The van der Waals surface area contributed by atoms with Crippen LogP contribution in [-0.2, 0) is 23.1 Å². The molecular weight excluding hydrogens is 485 g/mol. The van der Waals surface area contributed by atoms with E-state index in [0.717, 1.165) is 12.0 Å². The molecule has 1 aliphatic carbocycles. The smallest absolute Gasteiger partial charge is 0.410 e. The first-order chi connectivity index (χ1) is 14.6. The van der Waals surface area contributed by atoms with Gasteiger partial charge in [0.2, 0.25) is 0 Å². The monoisotopic (exact) mass is 519 g/mol. The van der Waals surface area contributed by atoms with E-state index in [1.807, 2.05) is 39.0 Å². The number of amides is 1. The van der Waals surface area contributed by atoms with Crippen LogP contribution in [0.1, 0.15) is 59.8 Å². The summed E-state index contributed by atoms with van der Waals surface area (Å²) in [5.74, 6) is 0.172. The van der Waals surface area contributed by atoms with Crippen molar-refractivity contribution in [1.29, 1.82) is 0 Å². The number of likely N-dealkylation sites (tertiary alicyclic amines) is 1. The number of Topliss-reactive ketones (excluding diaryl/α,β-unsaturated/α-hetero) is 1. The molecule has 0 aromatic heterocycles. The zero-order valence-corrected chi connectivity index (χ0v) is 21.5. The molecule has 1 aliphatic heterocycles. The van der Waals surface area contributed by atoms with Crippen molar-refractivity contribution in [2.45, 2.75) is 76.3 Å². The standard InChI is InChI=1S/C22H35BrNO6P/c1-5-22(4,29-21(26)24-12-10-20(25)11-13-24)15-17(3)30-31(27,28-6-2)16-18-8-7-9-19(23)14-18/h7-9,17,19H,5-6,10-16H2,1-4H3. The molecule has 0 bridgehead atoms. The van der Waals surface area contributed by atoms with Crippen LogP contribution in [0.3, 0.4) is 0 Å². The molecule has 1 heterocycles. The van der Waals surface area contributed by atoms with Crippen LogP contribution < -0.4 is 0 Å². The minimum Gasteiger partial charge on any atom is -0.443 e. The predicted octanol–water partition coefficient (Wildman–Crippen LogP) is 5.63. The molecule has 31 heavy (non-hydrogen) atoms. The Morgan fingerprint density at radius 2 is 2.03 bits per heavy atom. The zero-order chi connectivity index (χ0) is 23.1. The van der Waals surface area contributed by atoms with E-state index < -0.39 is 25.4 Å². The third-order valence-electron chi connectivity index (χ3n) is 5.55. The van der Waals surface area contributed by atoms with Gasteiger partial charge in [0.1, 0.15) is 11.4 Å². The summed E-state index contributed by atoms with van der Waals surface area (Å²) in [5.41, 5.74) is 0.237. The Balaban J connectivity index is 1.98. The van der Waals surface area contributed by atoms with Crippen LogP contribution in [0.2, 0.25) is 0 Å². The zero-order valence-electron chi connectivity index (χ0n) is 19.0. The first-order valence-electron chi connectivity index (χ1n) is 11.0. The Morgan fingerprint density at radius 3 is 2.61 bits per heavy atom. The molecule has 1 amide bonds. The van der Waals surface area contributed by atoms with Gasteiger partial charge in [0.15, 0.2) is 0 Å². The summed E-state index contributed by atoms with van der Waals surface area (Å²) >= 11 is 3.56. The summed E-state index contributed by atoms with van der Waals surface area (Å²) in [6, 6.07) is 0. The van der Waals surface area contributed by atoms with Crippen molar-refractivity contribution >= 4 is 35.4 Å². The predicted molar refractivity (Wildman–Crippen MR) is 125 cm³/mol. The second-order valence-corrected chi connectivity index (χ2v) is 11.6. The van der Waals surface area contributed by atoms with Gasteiger partial charge in [-0.25, -0.2) is 4.79 Å². The molecule has 0 aromatic carbocycles. The number of carbonyl (C=O) groups is 2. The molecule has 4 unspecified atom stereocenters. The molecule has 0 saturated carbocycles. The third kappa shape index (κ3) is 8.49. The maximum absolute atomic E-state index is 13.4. The number of hydrogen-bond donors (Lipinski definition) is 0. The average Bonchev–Trinajstić information content (AvgIpc) is 2.68. The van der Waals surface area contributed by atoms with Crippen LogP contribution in [0.25, 0.3) is 0 Å². The Labute approximate surface area is 194 Å². The molecule has 4 atom stereocenters. The number of piperidine rings is 1. The normalized spacial score (nSPS) is 24.2. The average molecular weight is 520 g/mol. The van der Waals surface area contributed by atoms with Crippen LogP contribution >= 0.6 is 23.5 Å². The van der Waals surface area contributed by atoms with Gasteiger partial charge in [-0.3, -0.25) is 9.36 Å². The van der Waals surface area contributed by atoms with E-state index in [0.29, 0.717) is 45.4 Å². The molecular formula is C22H35BrNO6P. The van der Waals surface area contributed by atoms with E-state index in [1.54, 1.807) is 11.8 Å². The van der Waals surface area contributed by atoms with Crippen molar-refractivity contribution in [3.8, 4) is 0 Å². The molecule has 0 N–H and O–H groups in total. The van der Waals surface area contributed by atoms with Crippen molar-refractivity contribution in [1.82, 2.24) is 4.90 Å². The van der Waals surface area contributed by atoms with Gasteiger partial charge in [-0.1, -0.05) is 46.7 Å². The van der Waals surface area contributed by atoms with E-state index in [4.69, 9.17) is 13.8 Å². The maximum atomic E-state index is 13.4. The van der Waals surface area contributed by atoms with Crippen molar-refractivity contribution in [2.75, 3.05) is 25.9 Å². The van der Waals surface area contributed by atoms with Gasteiger partial charge >= 0.3 is 13.7 Å². The van der Waals surface area contributed by atoms with Gasteiger partial charge in [0, 0.05) is 37.2 Å². The number of halogens is 1. The van der Waals surface area contributed by atoms with Crippen LogP contribution in [0.4, 0.5) is 4.79 Å². The second-order valence-electron chi connectivity index (χ2n) is 8.43. The van der Waals surface area contributed by atoms with E-state index in [1.165, 1.54) is 0 Å². The molecule has 1 fully saturated rings. The summed E-state index contributed by atoms with van der Waals surface area (Å²) in [5, 5.41) is 0. The second kappa shape index (κ2) is 11.8. The molecule has 0 spiro atoms. The van der Waals surface area contributed by atoms with Crippen LogP contribution in [0.15, 0.2) is 23.8 Å². The molecule has 0 radical (unpaired) electrons. The lowest BCUT2D eigenvalue weighted by molar-refractivity contribution is -0.121. The lowest BCUT2D eigenvalue weighted by Crippen LogP contribution is -2.44. The Morgan fingerprint density at radius 1 is 1.35 bits per heavy atom. The minimum absolute atomic E-state index is 0.172. The molecule has 2 rings (SSSR count). The number of hydrogen-bond acceptors (Lipinski definition) is 6. The Bertz CT molecular complexity index is 744. The number of ketones is 1. The fraction of sp³-hybridized carbons (Fsp3) is 0.727. The SMILES string of the molecule is CCOP(=O)(CC1=CC=CC(Br)C1)OC(C)CC(C)(CC)OC(=O)N1CCC(=O)CC1. The van der Waals surface area contributed by atoms with Gasteiger partial charge in [-0.2, -0.15) is 0 Å². The first kappa shape index (κ1) is 26.3. The number of ether oxygens (including phenoxy) is 1. The Hall–Kier alpha value is -0.950. The maximum Gasteiger partial charge on any atom is 0.410 e. The fourth-order valence-corrected chi connectivity index (χ4v) is 6.33. The number of rotatable bonds is 10. The number of carbonyl (C=O) groups excluding carboxylic acids is 2. The molecule has 176 valence electrons. The van der Waals surface area contributed by atoms with Crippen molar-refractivity contribution in [3.05, 3.63) is 23.8 Å². The molecule has 9 heteroatoms. The van der Waals surface area contributed by atoms with Gasteiger partial charge in [0.05, 0.1) is 18.9 Å². The minimum atomic E-state index is -3.35. The topological polar surface area (TPSA) is 82.1 Å². The quantitative estimate of drug-likeness (QED) is 0.274. The number of allylic oxidation sites excluding steroid dienone is 4. The van der Waals surface area contributed by atoms with Gasteiger partial charge in [0.25, 0.3) is 0 Å². The van der Waals surface area contributed by atoms with E-state index in [9.17, 15) is 14.2 Å². The van der Waals surface area contributed by atoms with Crippen molar-refractivity contribution < 1.29 is 27.9 Å². The summed E-state index contributed by atoms with van der Waals surface area (Å²) in [4.78, 5) is 25.8. The number of alkyl halides is 1. The molecule has 2 aliphatic rings. The highest BCUT2D eigenvalue weighted by atomic mass is 79.9. The summed E-state index contributed by atoms with van der Waals surface area (Å²) in [7, 11) is -3.35. The third-order valence-corrected chi connectivity index (χ3v) is 8.31. The first-order valence-corrected chi connectivity index (χ1v) is 13.6. The van der Waals surface area contributed by atoms with Gasteiger partial charge in [-0.15, -0.1) is 0 Å². The van der Waals surface area contributed by atoms with Gasteiger partial charge in [-0.05, 0) is 33.6 Å². The van der Waals surface area contributed by atoms with Crippen molar-refractivity contribution in [3.63, 3.8) is 0 Å². The summed E-state index contributed by atoms with van der Waals surface area (Å²) in [6.07, 6.45) is 7.80. The highest BCUT2D eigenvalue weighted by Gasteiger charge is 2.36. The largest absolute Gasteiger partial charge is 0.443 e. The van der Waals surface area contributed by atoms with Gasteiger partial charge < -0.3 is 18.7 Å². The summed E-state index contributed by atoms with van der Waals surface area (Å²) < 4.78 is 30.7.